The zero-order valence-electron chi connectivity index (χ0n) is 11.9. The standard InChI is InChI=1S/C15H24N4/c1-11(16)14-4-3-8-17-15(14)19-9-7-12-5-6-13(10-19)18(12)2/h3-4,8,11-13H,5-7,9-10,16H2,1-2H3/t11-,12?,13?/m1/s1. The van der Waals surface area contributed by atoms with Crippen LogP contribution in [0, 0.1) is 0 Å². The van der Waals surface area contributed by atoms with Crippen molar-refractivity contribution in [3.63, 3.8) is 0 Å². The molecule has 0 saturated carbocycles. The van der Waals surface area contributed by atoms with Gasteiger partial charge in [0.1, 0.15) is 5.82 Å². The van der Waals surface area contributed by atoms with Crippen molar-refractivity contribution in [2.24, 2.45) is 5.73 Å². The summed E-state index contributed by atoms with van der Waals surface area (Å²) >= 11 is 0. The first-order valence-electron chi connectivity index (χ1n) is 7.34. The van der Waals surface area contributed by atoms with Crippen molar-refractivity contribution in [3.8, 4) is 0 Å². The van der Waals surface area contributed by atoms with Crippen LogP contribution in [0.1, 0.15) is 37.8 Å². The molecule has 1 aromatic heterocycles. The van der Waals surface area contributed by atoms with Gasteiger partial charge in [-0.25, -0.2) is 4.98 Å². The summed E-state index contributed by atoms with van der Waals surface area (Å²) in [6, 6.07) is 5.58. The average Bonchev–Trinajstić information content (AvgIpc) is 2.63. The number of nitrogens with zero attached hydrogens (tertiary/aromatic N) is 3. The summed E-state index contributed by atoms with van der Waals surface area (Å²) in [6.07, 6.45) is 5.80. The number of hydrogen-bond donors (Lipinski definition) is 1. The molecule has 19 heavy (non-hydrogen) atoms. The van der Waals surface area contributed by atoms with Crippen LogP contribution in [0.15, 0.2) is 18.3 Å². The molecule has 2 unspecified atom stereocenters. The van der Waals surface area contributed by atoms with Crippen LogP contribution in [0.3, 0.4) is 0 Å². The Hall–Kier alpha value is -1.13. The number of fused-ring (bicyclic) bond motifs is 2. The number of anilines is 1. The van der Waals surface area contributed by atoms with Gasteiger partial charge >= 0.3 is 0 Å². The van der Waals surface area contributed by atoms with Crippen molar-refractivity contribution in [1.82, 2.24) is 9.88 Å². The molecule has 3 heterocycles. The number of nitrogens with two attached hydrogens (primary N) is 1. The fraction of sp³-hybridized carbons (Fsp3) is 0.667. The maximum atomic E-state index is 6.09. The maximum Gasteiger partial charge on any atom is 0.133 e. The minimum Gasteiger partial charge on any atom is -0.355 e. The van der Waals surface area contributed by atoms with Gasteiger partial charge in [-0.3, -0.25) is 4.90 Å². The van der Waals surface area contributed by atoms with Gasteiger partial charge in [-0.2, -0.15) is 0 Å². The Kier molecular flexibility index (Phi) is 3.46. The van der Waals surface area contributed by atoms with E-state index < -0.39 is 0 Å². The van der Waals surface area contributed by atoms with Crippen molar-refractivity contribution in [2.45, 2.75) is 44.3 Å². The van der Waals surface area contributed by atoms with Crippen molar-refractivity contribution in [1.29, 1.82) is 0 Å². The summed E-state index contributed by atoms with van der Waals surface area (Å²) < 4.78 is 0. The Labute approximate surface area is 115 Å². The van der Waals surface area contributed by atoms with Crippen molar-refractivity contribution in [3.05, 3.63) is 23.9 Å². The molecule has 0 aromatic carbocycles. The second-order valence-electron chi connectivity index (χ2n) is 5.99. The molecule has 3 rings (SSSR count). The van der Waals surface area contributed by atoms with Crippen molar-refractivity contribution >= 4 is 5.82 Å². The van der Waals surface area contributed by atoms with Gasteiger partial charge in [-0.05, 0) is 39.3 Å². The highest BCUT2D eigenvalue weighted by molar-refractivity contribution is 5.48. The number of aromatic nitrogens is 1. The zero-order valence-corrected chi connectivity index (χ0v) is 11.9. The molecule has 4 nitrogen and oxygen atoms in total. The normalized spacial score (nSPS) is 29.3. The predicted molar refractivity (Wildman–Crippen MR) is 78.2 cm³/mol. The lowest BCUT2D eigenvalue weighted by molar-refractivity contribution is 0.254. The molecule has 2 bridgehead atoms. The van der Waals surface area contributed by atoms with Crippen LogP contribution in [0.4, 0.5) is 5.82 Å². The van der Waals surface area contributed by atoms with Crippen molar-refractivity contribution in [2.75, 3.05) is 25.0 Å². The summed E-state index contributed by atoms with van der Waals surface area (Å²) in [5, 5.41) is 0. The van der Waals surface area contributed by atoms with E-state index in [4.69, 9.17) is 5.73 Å². The highest BCUT2D eigenvalue weighted by Gasteiger charge is 2.35. The van der Waals surface area contributed by atoms with Crippen LogP contribution < -0.4 is 10.6 Å². The van der Waals surface area contributed by atoms with Crippen molar-refractivity contribution < 1.29 is 0 Å². The smallest absolute Gasteiger partial charge is 0.133 e. The van der Waals surface area contributed by atoms with Gasteiger partial charge in [-0.1, -0.05) is 6.07 Å². The minimum atomic E-state index is 0.0434. The number of rotatable bonds is 2. The Balaban J connectivity index is 1.87. The van der Waals surface area contributed by atoms with Crippen LogP contribution in [0.5, 0.6) is 0 Å². The lowest BCUT2D eigenvalue weighted by Gasteiger charge is -2.29. The number of pyridine rings is 1. The van der Waals surface area contributed by atoms with E-state index in [1.165, 1.54) is 24.8 Å². The molecule has 2 aliphatic rings. The largest absolute Gasteiger partial charge is 0.355 e. The Bertz CT molecular complexity index is 446. The molecular weight excluding hydrogens is 236 g/mol. The first-order chi connectivity index (χ1) is 9.16. The molecule has 0 amide bonds. The summed E-state index contributed by atoms with van der Waals surface area (Å²) in [4.78, 5) is 9.61. The van der Waals surface area contributed by atoms with Gasteiger partial charge in [0.25, 0.3) is 0 Å². The molecule has 2 fully saturated rings. The highest BCUT2D eigenvalue weighted by atomic mass is 15.3. The summed E-state index contributed by atoms with van der Waals surface area (Å²) in [5.41, 5.74) is 7.26. The van der Waals surface area contributed by atoms with Crippen LogP contribution >= 0.6 is 0 Å². The van der Waals surface area contributed by atoms with E-state index in [1.807, 2.05) is 19.2 Å². The minimum absolute atomic E-state index is 0.0434. The van der Waals surface area contributed by atoms with E-state index in [1.54, 1.807) is 0 Å². The zero-order chi connectivity index (χ0) is 13.4. The van der Waals surface area contributed by atoms with E-state index in [9.17, 15) is 0 Å². The molecule has 0 radical (unpaired) electrons. The Morgan fingerprint density at radius 3 is 2.89 bits per heavy atom. The molecule has 3 atom stereocenters. The molecule has 2 N–H and O–H groups in total. The van der Waals surface area contributed by atoms with E-state index in [-0.39, 0.29) is 6.04 Å². The third kappa shape index (κ3) is 2.35. The van der Waals surface area contributed by atoms with E-state index >= 15 is 0 Å². The molecule has 104 valence electrons. The van der Waals surface area contributed by atoms with E-state index in [0.717, 1.165) is 24.9 Å². The molecule has 1 aromatic rings. The van der Waals surface area contributed by atoms with Crippen LogP contribution in [0.2, 0.25) is 0 Å². The van der Waals surface area contributed by atoms with Gasteiger partial charge in [0.15, 0.2) is 0 Å². The van der Waals surface area contributed by atoms with Crippen LogP contribution in [0.25, 0.3) is 0 Å². The lowest BCUT2D eigenvalue weighted by atomic mass is 10.1. The van der Waals surface area contributed by atoms with Crippen LogP contribution in [-0.4, -0.2) is 42.1 Å². The van der Waals surface area contributed by atoms with Gasteiger partial charge in [-0.15, -0.1) is 0 Å². The first-order valence-corrected chi connectivity index (χ1v) is 7.34. The van der Waals surface area contributed by atoms with Crippen LogP contribution in [-0.2, 0) is 0 Å². The molecule has 0 spiro atoms. The maximum absolute atomic E-state index is 6.09. The molecule has 2 aliphatic heterocycles. The molecule has 4 heteroatoms. The summed E-state index contributed by atoms with van der Waals surface area (Å²) in [7, 11) is 2.27. The fourth-order valence-electron chi connectivity index (χ4n) is 3.53. The second kappa shape index (κ2) is 5.10. The lowest BCUT2D eigenvalue weighted by Crippen LogP contribution is -2.37. The molecule has 0 aliphatic carbocycles. The third-order valence-electron chi connectivity index (χ3n) is 4.76. The van der Waals surface area contributed by atoms with E-state index in [2.05, 4.69) is 27.9 Å². The fourth-order valence-corrected chi connectivity index (χ4v) is 3.53. The molecule has 2 saturated heterocycles. The SMILES string of the molecule is C[C@@H](N)c1cccnc1N1CCC2CCC(C1)N2C. The molecular formula is C15H24N4. The summed E-state index contributed by atoms with van der Waals surface area (Å²) in [5.74, 6) is 1.10. The average molecular weight is 260 g/mol. The third-order valence-corrected chi connectivity index (χ3v) is 4.76. The monoisotopic (exact) mass is 260 g/mol. The van der Waals surface area contributed by atoms with Gasteiger partial charge < -0.3 is 10.6 Å². The number of hydrogen-bond acceptors (Lipinski definition) is 4. The van der Waals surface area contributed by atoms with E-state index in [0.29, 0.717) is 6.04 Å². The number of likely N-dealkylation sites (N-methyl/N-ethyl adjacent to an activating group) is 1. The predicted octanol–water partition coefficient (Wildman–Crippen LogP) is 1.77. The first kappa shape index (κ1) is 12.9. The van der Waals surface area contributed by atoms with Gasteiger partial charge in [0.2, 0.25) is 0 Å². The highest BCUT2D eigenvalue weighted by Crippen LogP contribution is 2.32. The van der Waals surface area contributed by atoms with Gasteiger partial charge in [0.05, 0.1) is 0 Å². The quantitative estimate of drug-likeness (QED) is 0.880. The second-order valence-corrected chi connectivity index (χ2v) is 5.99. The summed E-state index contributed by atoms with van der Waals surface area (Å²) in [6.45, 7) is 4.22. The van der Waals surface area contributed by atoms with Gasteiger partial charge in [0, 0.05) is 43.0 Å². The topological polar surface area (TPSA) is 45.4 Å². The Morgan fingerprint density at radius 1 is 1.32 bits per heavy atom. The Morgan fingerprint density at radius 2 is 2.11 bits per heavy atom.